The number of hydrogen-bond acceptors (Lipinski definition) is 4. The maximum absolute atomic E-state index is 12.5. The summed E-state index contributed by atoms with van der Waals surface area (Å²) in [6, 6.07) is 10.2. The van der Waals surface area contributed by atoms with Gasteiger partial charge in [-0.05, 0) is 42.7 Å². The van der Waals surface area contributed by atoms with E-state index in [1.54, 1.807) is 35.2 Å². The molecule has 1 saturated heterocycles. The van der Waals surface area contributed by atoms with E-state index in [-0.39, 0.29) is 17.2 Å². The van der Waals surface area contributed by atoms with Gasteiger partial charge in [-0.1, -0.05) is 13.0 Å². The number of carbonyl (C=O) groups excluding carboxylic acids is 2. The molecule has 1 aliphatic rings. The van der Waals surface area contributed by atoms with Crippen molar-refractivity contribution in [2.24, 2.45) is 0 Å². The quantitative estimate of drug-likeness (QED) is 0.863. The average Bonchev–Trinajstić information content (AvgIpc) is 3.07. The van der Waals surface area contributed by atoms with Crippen LogP contribution < -0.4 is 15.0 Å². The van der Waals surface area contributed by atoms with Crippen molar-refractivity contribution in [3.8, 4) is 11.5 Å². The molecule has 2 aromatic rings. The standard InChI is InChI=1S/C20H22N2O4/c1-3-13-6-9-17(23)15(11-13)20(25)21-14-7-8-16(18(12-14)26-2)22-10-4-5-19(22)24/h6-9,11-12,23H,3-5,10H2,1-2H3,(H,21,25). The first-order valence-electron chi connectivity index (χ1n) is 8.65. The number of anilines is 2. The van der Waals surface area contributed by atoms with Crippen LogP contribution >= 0.6 is 0 Å². The molecule has 0 unspecified atom stereocenters. The molecule has 6 nitrogen and oxygen atoms in total. The van der Waals surface area contributed by atoms with Crippen LogP contribution in [0.2, 0.25) is 0 Å². The molecule has 0 aliphatic carbocycles. The maximum atomic E-state index is 12.5. The van der Waals surface area contributed by atoms with E-state index in [1.165, 1.54) is 13.2 Å². The fourth-order valence-corrected chi connectivity index (χ4v) is 3.06. The summed E-state index contributed by atoms with van der Waals surface area (Å²) in [6.07, 6.45) is 2.13. The van der Waals surface area contributed by atoms with Crippen molar-refractivity contribution in [2.45, 2.75) is 26.2 Å². The highest BCUT2D eigenvalue weighted by molar-refractivity contribution is 6.06. The van der Waals surface area contributed by atoms with Crippen LogP contribution in [0, 0.1) is 0 Å². The van der Waals surface area contributed by atoms with E-state index in [4.69, 9.17) is 4.74 Å². The molecule has 3 rings (SSSR count). The van der Waals surface area contributed by atoms with Gasteiger partial charge in [0.15, 0.2) is 0 Å². The van der Waals surface area contributed by atoms with E-state index in [9.17, 15) is 14.7 Å². The third kappa shape index (κ3) is 3.49. The number of nitrogens with zero attached hydrogens (tertiary/aromatic N) is 1. The molecule has 0 aromatic heterocycles. The number of amides is 2. The minimum absolute atomic E-state index is 0.0639. The largest absolute Gasteiger partial charge is 0.507 e. The van der Waals surface area contributed by atoms with Crippen LogP contribution in [0.25, 0.3) is 0 Å². The first-order valence-corrected chi connectivity index (χ1v) is 8.65. The van der Waals surface area contributed by atoms with Gasteiger partial charge in [0.1, 0.15) is 11.5 Å². The Morgan fingerprint density at radius 2 is 2.08 bits per heavy atom. The molecule has 0 saturated carbocycles. The van der Waals surface area contributed by atoms with Crippen LogP contribution in [0.5, 0.6) is 11.5 Å². The highest BCUT2D eigenvalue weighted by atomic mass is 16.5. The van der Waals surface area contributed by atoms with E-state index < -0.39 is 5.91 Å². The van der Waals surface area contributed by atoms with Crippen LogP contribution in [-0.2, 0) is 11.2 Å². The first kappa shape index (κ1) is 17.8. The van der Waals surface area contributed by atoms with Gasteiger partial charge in [0.25, 0.3) is 5.91 Å². The monoisotopic (exact) mass is 354 g/mol. The molecule has 1 fully saturated rings. The summed E-state index contributed by atoms with van der Waals surface area (Å²) in [5, 5.41) is 12.7. The second-order valence-corrected chi connectivity index (χ2v) is 6.19. The number of phenolic OH excluding ortho intramolecular Hbond substituents is 1. The Kier molecular flexibility index (Phi) is 5.11. The Bertz CT molecular complexity index is 848. The van der Waals surface area contributed by atoms with Crippen molar-refractivity contribution in [3.63, 3.8) is 0 Å². The number of carbonyl (C=O) groups is 2. The van der Waals surface area contributed by atoms with Gasteiger partial charge in [-0.3, -0.25) is 9.59 Å². The number of methoxy groups -OCH3 is 1. The summed E-state index contributed by atoms with van der Waals surface area (Å²) in [4.78, 5) is 26.2. The van der Waals surface area contributed by atoms with Gasteiger partial charge in [0.05, 0.1) is 18.4 Å². The lowest BCUT2D eigenvalue weighted by Gasteiger charge is -2.19. The van der Waals surface area contributed by atoms with Crippen molar-refractivity contribution in [1.82, 2.24) is 0 Å². The van der Waals surface area contributed by atoms with Crippen LogP contribution in [0.1, 0.15) is 35.7 Å². The van der Waals surface area contributed by atoms with Crippen molar-refractivity contribution >= 4 is 23.2 Å². The third-order valence-corrected chi connectivity index (χ3v) is 4.52. The summed E-state index contributed by atoms with van der Waals surface area (Å²) in [5.74, 6) is 0.127. The number of phenols is 1. The zero-order valence-electron chi connectivity index (χ0n) is 14.9. The maximum Gasteiger partial charge on any atom is 0.259 e. The van der Waals surface area contributed by atoms with Crippen molar-refractivity contribution in [1.29, 1.82) is 0 Å². The topological polar surface area (TPSA) is 78.9 Å². The number of rotatable bonds is 5. The van der Waals surface area contributed by atoms with E-state index in [1.807, 2.05) is 6.92 Å². The molecule has 1 aliphatic heterocycles. The number of ether oxygens (including phenoxy) is 1. The Balaban J connectivity index is 1.84. The van der Waals surface area contributed by atoms with Gasteiger partial charge in [0, 0.05) is 24.7 Å². The Morgan fingerprint density at radius 3 is 2.73 bits per heavy atom. The molecular weight excluding hydrogens is 332 g/mol. The fraction of sp³-hybridized carbons (Fsp3) is 0.300. The molecule has 0 bridgehead atoms. The molecule has 1 heterocycles. The highest BCUT2D eigenvalue weighted by Gasteiger charge is 2.24. The number of hydrogen-bond donors (Lipinski definition) is 2. The Hall–Kier alpha value is -3.02. The predicted octanol–water partition coefficient (Wildman–Crippen LogP) is 3.34. The molecule has 136 valence electrons. The molecule has 2 aromatic carbocycles. The number of nitrogens with one attached hydrogen (secondary N) is 1. The molecular formula is C20H22N2O4. The zero-order chi connectivity index (χ0) is 18.7. The predicted molar refractivity (Wildman–Crippen MR) is 100 cm³/mol. The lowest BCUT2D eigenvalue weighted by Crippen LogP contribution is -2.24. The van der Waals surface area contributed by atoms with Gasteiger partial charge < -0.3 is 20.1 Å². The first-order chi connectivity index (χ1) is 12.5. The zero-order valence-corrected chi connectivity index (χ0v) is 14.9. The minimum Gasteiger partial charge on any atom is -0.507 e. The summed E-state index contributed by atoms with van der Waals surface area (Å²) in [7, 11) is 1.53. The summed E-state index contributed by atoms with van der Waals surface area (Å²) in [5.41, 5.74) is 2.42. The van der Waals surface area contributed by atoms with Crippen LogP contribution in [0.4, 0.5) is 11.4 Å². The van der Waals surface area contributed by atoms with Crippen molar-refractivity contribution < 1.29 is 19.4 Å². The van der Waals surface area contributed by atoms with Crippen LogP contribution in [0.15, 0.2) is 36.4 Å². The van der Waals surface area contributed by atoms with E-state index in [0.29, 0.717) is 30.1 Å². The van der Waals surface area contributed by atoms with Crippen LogP contribution in [0.3, 0.4) is 0 Å². The van der Waals surface area contributed by atoms with Crippen LogP contribution in [-0.4, -0.2) is 30.6 Å². The number of aryl methyl sites for hydroxylation is 1. The molecule has 0 spiro atoms. The second-order valence-electron chi connectivity index (χ2n) is 6.19. The SMILES string of the molecule is CCc1ccc(O)c(C(=O)Nc2ccc(N3CCCC3=O)c(OC)c2)c1. The van der Waals surface area contributed by atoms with Gasteiger partial charge in [0.2, 0.25) is 5.91 Å². The van der Waals surface area contributed by atoms with E-state index in [2.05, 4.69) is 5.32 Å². The van der Waals surface area contributed by atoms with Gasteiger partial charge in [-0.15, -0.1) is 0 Å². The van der Waals surface area contributed by atoms with Gasteiger partial charge >= 0.3 is 0 Å². The van der Waals surface area contributed by atoms with Crippen molar-refractivity contribution in [3.05, 3.63) is 47.5 Å². The van der Waals surface area contributed by atoms with Crippen molar-refractivity contribution in [2.75, 3.05) is 23.9 Å². The third-order valence-electron chi connectivity index (χ3n) is 4.52. The minimum atomic E-state index is -0.398. The average molecular weight is 354 g/mol. The number of benzene rings is 2. The second kappa shape index (κ2) is 7.47. The lowest BCUT2D eigenvalue weighted by molar-refractivity contribution is -0.117. The summed E-state index contributed by atoms with van der Waals surface area (Å²) in [6.45, 7) is 2.65. The highest BCUT2D eigenvalue weighted by Crippen LogP contribution is 2.34. The molecule has 2 N–H and O–H groups in total. The molecule has 0 radical (unpaired) electrons. The lowest BCUT2D eigenvalue weighted by atomic mass is 10.1. The molecule has 2 amide bonds. The molecule has 26 heavy (non-hydrogen) atoms. The van der Waals surface area contributed by atoms with Gasteiger partial charge in [-0.25, -0.2) is 0 Å². The van der Waals surface area contributed by atoms with E-state index >= 15 is 0 Å². The Labute approximate surface area is 152 Å². The fourth-order valence-electron chi connectivity index (χ4n) is 3.06. The Morgan fingerprint density at radius 1 is 1.27 bits per heavy atom. The molecule has 6 heteroatoms. The van der Waals surface area contributed by atoms with E-state index in [0.717, 1.165) is 18.4 Å². The number of aromatic hydroxyl groups is 1. The smallest absolute Gasteiger partial charge is 0.259 e. The molecule has 0 atom stereocenters. The summed E-state index contributed by atoms with van der Waals surface area (Å²) >= 11 is 0. The normalized spacial score (nSPS) is 13.8. The summed E-state index contributed by atoms with van der Waals surface area (Å²) < 4.78 is 5.40. The van der Waals surface area contributed by atoms with Gasteiger partial charge in [-0.2, -0.15) is 0 Å².